The third-order valence-electron chi connectivity index (χ3n) is 9.03. The van der Waals surface area contributed by atoms with Gasteiger partial charge in [0.2, 0.25) is 17.8 Å². The summed E-state index contributed by atoms with van der Waals surface area (Å²) in [5.41, 5.74) is 17.4. The molecule has 0 fully saturated rings. The molecule has 0 aliphatic rings. The molecule has 4 atom stereocenters. The summed E-state index contributed by atoms with van der Waals surface area (Å²) in [4.78, 5) is 118. The van der Waals surface area contributed by atoms with Crippen LogP contribution in [0, 0.1) is 11.8 Å². The highest BCUT2D eigenvalue weighted by atomic mass is 16.4. The quantitative estimate of drug-likeness (QED) is 0.0295. The molecule has 318 valence electrons. The molecule has 1 aromatic carbocycles. The number of amides is 3. The van der Waals surface area contributed by atoms with Gasteiger partial charge in [-0.1, -0.05) is 6.92 Å². The summed E-state index contributed by atoms with van der Waals surface area (Å²) >= 11 is 0. The zero-order valence-corrected chi connectivity index (χ0v) is 32.7. The van der Waals surface area contributed by atoms with Gasteiger partial charge in [0.15, 0.2) is 28.7 Å². The number of H-pyrrole nitrogens is 1. The fraction of sp³-hybridized carbons (Fsp3) is 0.459. The van der Waals surface area contributed by atoms with E-state index < -0.39 is 77.6 Å². The average Bonchev–Trinajstić information content (AvgIpc) is 3.18. The summed E-state index contributed by atoms with van der Waals surface area (Å²) in [6.07, 6.45) is 0.405. The molecule has 0 aliphatic carbocycles. The SMILES string of the molecule is CC[C@H](CC(=O)[C@H](CC(=O)O)NC(=O)[C@H](CCCN=C(N)N)CC(=O)[C@H](C)NC(=O)CCCNC(=O)c1ccc(NCc2cnc3nc(N)[nH]c(=O)c3n2)cc1)C(=O)O. The van der Waals surface area contributed by atoms with Crippen molar-refractivity contribution >= 4 is 70.0 Å². The fourth-order valence-corrected chi connectivity index (χ4v) is 5.73. The molecule has 0 aliphatic heterocycles. The Labute approximate surface area is 337 Å². The van der Waals surface area contributed by atoms with Gasteiger partial charge < -0.3 is 48.7 Å². The molecule has 22 nitrogen and oxygen atoms in total. The molecule has 3 aromatic rings. The van der Waals surface area contributed by atoms with Crippen LogP contribution in [-0.4, -0.2) is 103 Å². The number of aliphatic carboxylic acids is 2. The van der Waals surface area contributed by atoms with Crippen molar-refractivity contribution in [2.75, 3.05) is 24.1 Å². The number of guanidine groups is 1. The van der Waals surface area contributed by atoms with Gasteiger partial charge in [-0.2, -0.15) is 4.98 Å². The Morgan fingerprint density at radius 1 is 0.915 bits per heavy atom. The number of rotatable bonds is 25. The minimum atomic E-state index is -1.53. The van der Waals surface area contributed by atoms with E-state index in [9.17, 15) is 48.6 Å². The van der Waals surface area contributed by atoms with E-state index in [0.717, 1.165) is 0 Å². The van der Waals surface area contributed by atoms with E-state index in [1.807, 2.05) is 0 Å². The molecule has 0 bridgehead atoms. The summed E-state index contributed by atoms with van der Waals surface area (Å²) in [5.74, 6) is -7.99. The molecule has 0 radical (unpaired) electrons. The summed E-state index contributed by atoms with van der Waals surface area (Å²) in [6, 6.07) is 4.00. The predicted octanol–water partition coefficient (Wildman–Crippen LogP) is -0.419. The number of carboxylic acid groups (broad SMARTS) is 2. The van der Waals surface area contributed by atoms with E-state index in [1.165, 1.54) is 13.1 Å². The van der Waals surface area contributed by atoms with Crippen molar-refractivity contribution in [2.24, 2.45) is 28.3 Å². The molecule has 3 amide bonds. The van der Waals surface area contributed by atoms with Gasteiger partial charge in [0.25, 0.3) is 11.5 Å². The highest BCUT2D eigenvalue weighted by Crippen LogP contribution is 2.17. The average molecular weight is 823 g/mol. The van der Waals surface area contributed by atoms with Crippen LogP contribution in [0.3, 0.4) is 0 Å². The highest BCUT2D eigenvalue weighted by molar-refractivity contribution is 5.96. The Balaban J connectivity index is 1.48. The third-order valence-corrected chi connectivity index (χ3v) is 9.03. The van der Waals surface area contributed by atoms with Crippen LogP contribution in [0.25, 0.3) is 11.2 Å². The zero-order valence-electron chi connectivity index (χ0n) is 32.7. The van der Waals surface area contributed by atoms with Crippen molar-refractivity contribution in [1.82, 2.24) is 35.9 Å². The molecule has 13 N–H and O–H groups in total. The van der Waals surface area contributed by atoms with Gasteiger partial charge in [-0.15, -0.1) is 0 Å². The lowest BCUT2D eigenvalue weighted by molar-refractivity contribution is -0.144. The maximum atomic E-state index is 13.4. The van der Waals surface area contributed by atoms with Crippen LogP contribution in [0.15, 0.2) is 40.2 Å². The molecule has 2 aromatic heterocycles. The molecule has 59 heavy (non-hydrogen) atoms. The second-order valence-corrected chi connectivity index (χ2v) is 13.7. The molecule has 3 rings (SSSR count). The Hall–Kier alpha value is -7.00. The van der Waals surface area contributed by atoms with Crippen molar-refractivity contribution in [3.05, 3.63) is 52.1 Å². The summed E-state index contributed by atoms with van der Waals surface area (Å²) < 4.78 is 0. The van der Waals surface area contributed by atoms with E-state index in [0.29, 0.717) is 16.9 Å². The van der Waals surface area contributed by atoms with Crippen LogP contribution < -0.4 is 44.0 Å². The summed E-state index contributed by atoms with van der Waals surface area (Å²) in [6.45, 7) is 3.49. The number of carboxylic acids is 2. The second kappa shape index (κ2) is 22.7. The minimum Gasteiger partial charge on any atom is -0.481 e. The lowest BCUT2D eigenvalue weighted by Gasteiger charge is -2.23. The van der Waals surface area contributed by atoms with Gasteiger partial charge in [0, 0.05) is 49.5 Å². The zero-order chi connectivity index (χ0) is 43.6. The number of aromatic amines is 1. The largest absolute Gasteiger partial charge is 0.481 e. The first-order chi connectivity index (χ1) is 28.0. The van der Waals surface area contributed by atoms with E-state index in [-0.39, 0.29) is 87.1 Å². The molecular formula is C37H50N12O10. The number of benzene rings is 1. The van der Waals surface area contributed by atoms with Crippen LogP contribution in [0.4, 0.5) is 11.6 Å². The number of hydrogen-bond donors (Lipinski definition) is 10. The number of aromatic nitrogens is 4. The van der Waals surface area contributed by atoms with Crippen LogP contribution in [0.5, 0.6) is 0 Å². The normalized spacial score (nSPS) is 12.9. The molecular weight excluding hydrogens is 772 g/mol. The first-order valence-corrected chi connectivity index (χ1v) is 18.8. The van der Waals surface area contributed by atoms with Gasteiger partial charge in [-0.05, 0) is 56.9 Å². The number of nitrogens with one attached hydrogen (secondary N) is 5. The van der Waals surface area contributed by atoms with Crippen LogP contribution in [-0.2, 0) is 35.3 Å². The van der Waals surface area contributed by atoms with Gasteiger partial charge in [0.1, 0.15) is 0 Å². The number of ketones is 2. The van der Waals surface area contributed by atoms with Gasteiger partial charge in [0.05, 0.1) is 42.9 Å². The highest BCUT2D eigenvalue weighted by Gasteiger charge is 2.32. The van der Waals surface area contributed by atoms with Crippen molar-refractivity contribution < 1.29 is 43.8 Å². The number of fused-ring (bicyclic) bond motifs is 1. The van der Waals surface area contributed by atoms with Crippen molar-refractivity contribution in [3.8, 4) is 0 Å². The first-order valence-electron chi connectivity index (χ1n) is 18.8. The Kier molecular flexibility index (Phi) is 17.8. The van der Waals surface area contributed by atoms with Crippen molar-refractivity contribution in [3.63, 3.8) is 0 Å². The topological polar surface area (TPSA) is 370 Å². The number of nitrogens with zero attached hydrogens (tertiary/aromatic N) is 4. The standard InChI is InChI=1S/C37H50N12O10/c1-3-20(35(58)59)14-27(51)25(16-29(53)54)47-33(56)22(6-4-13-42-36(38)39)15-26(50)19(2)45-28(52)7-5-12-41-32(55)21-8-10-23(11-9-21)43-17-24-18-44-31-30(46-24)34(57)49-37(40)48-31/h8-11,18-20,22,25,43H,3-7,12-17H2,1-2H3,(H,41,55)(H,45,52)(H,47,56)(H,53,54)(H,58,59)(H4,38,39,42)(H3,40,44,48,49,57)/t19-,20+,22+,25-/m0/s1. The van der Waals surface area contributed by atoms with E-state index >= 15 is 0 Å². The van der Waals surface area contributed by atoms with E-state index in [1.54, 1.807) is 31.2 Å². The number of carbonyl (C=O) groups excluding carboxylic acids is 5. The lowest BCUT2D eigenvalue weighted by Crippen LogP contribution is -2.47. The molecule has 2 heterocycles. The molecule has 0 saturated carbocycles. The summed E-state index contributed by atoms with van der Waals surface area (Å²) in [7, 11) is 0. The van der Waals surface area contributed by atoms with Crippen LogP contribution >= 0.6 is 0 Å². The fourth-order valence-electron chi connectivity index (χ4n) is 5.73. The number of nitrogen functional groups attached to an aromatic ring is 1. The third kappa shape index (κ3) is 15.5. The van der Waals surface area contributed by atoms with Crippen LogP contribution in [0.2, 0.25) is 0 Å². The molecule has 0 unspecified atom stereocenters. The second-order valence-electron chi connectivity index (χ2n) is 13.7. The molecule has 0 saturated heterocycles. The monoisotopic (exact) mass is 822 g/mol. The molecule has 22 heteroatoms. The maximum absolute atomic E-state index is 13.4. The van der Waals surface area contributed by atoms with Gasteiger partial charge in [-0.3, -0.25) is 48.3 Å². The minimum absolute atomic E-state index is 0.0375. The number of carbonyl (C=O) groups is 7. The van der Waals surface area contributed by atoms with Gasteiger partial charge in [-0.25, -0.2) is 9.97 Å². The number of aliphatic imine (C=N–C) groups is 1. The Bertz CT molecular complexity index is 2090. The first kappa shape index (κ1) is 46.4. The van der Waals surface area contributed by atoms with E-state index in [2.05, 4.69) is 46.2 Å². The number of Topliss-reactive ketones (excluding diaryl/α,β-unsaturated/α-hetero) is 2. The van der Waals surface area contributed by atoms with Crippen LogP contribution in [0.1, 0.15) is 81.3 Å². The van der Waals surface area contributed by atoms with Crippen molar-refractivity contribution in [1.29, 1.82) is 0 Å². The smallest absolute Gasteiger partial charge is 0.306 e. The number of nitrogens with two attached hydrogens (primary N) is 3. The Morgan fingerprint density at radius 2 is 1.61 bits per heavy atom. The van der Waals surface area contributed by atoms with Gasteiger partial charge >= 0.3 is 11.9 Å². The maximum Gasteiger partial charge on any atom is 0.306 e. The lowest BCUT2D eigenvalue weighted by atomic mass is 9.91. The summed E-state index contributed by atoms with van der Waals surface area (Å²) in [5, 5.41) is 29.5. The number of anilines is 2. The Morgan fingerprint density at radius 3 is 2.25 bits per heavy atom. The predicted molar refractivity (Wildman–Crippen MR) is 214 cm³/mol. The molecule has 0 spiro atoms. The number of hydrogen-bond acceptors (Lipinski definition) is 14. The van der Waals surface area contributed by atoms with Crippen molar-refractivity contribution in [2.45, 2.75) is 83.8 Å². The van der Waals surface area contributed by atoms with E-state index in [4.69, 9.17) is 17.2 Å².